The number of rotatable bonds is 4. The summed E-state index contributed by atoms with van der Waals surface area (Å²) in [6, 6.07) is 13.0. The normalized spacial score (nSPS) is 10.9. The average molecular weight is 258 g/mol. The van der Waals surface area contributed by atoms with Crippen molar-refractivity contribution in [3.63, 3.8) is 0 Å². The van der Waals surface area contributed by atoms with E-state index < -0.39 is 0 Å². The zero-order valence-electron chi connectivity index (χ0n) is 11.4. The van der Waals surface area contributed by atoms with Crippen molar-refractivity contribution in [1.82, 2.24) is 4.90 Å². The van der Waals surface area contributed by atoms with Crippen molar-refractivity contribution < 1.29 is 4.39 Å². The molecular weight excluding hydrogens is 239 g/mol. The summed E-state index contributed by atoms with van der Waals surface area (Å²) >= 11 is 0. The minimum Gasteiger partial charge on any atom is -0.398 e. The first-order valence-electron chi connectivity index (χ1n) is 6.32. The monoisotopic (exact) mass is 258 g/mol. The topological polar surface area (TPSA) is 29.3 Å². The fourth-order valence-electron chi connectivity index (χ4n) is 2.18. The molecule has 100 valence electrons. The van der Waals surface area contributed by atoms with Crippen LogP contribution in [0.15, 0.2) is 42.5 Å². The van der Waals surface area contributed by atoms with E-state index in [9.17, 15) is 4.39 Å². The van der Waals surface area contributed by atoms with Crippen LogP contribution in [0.5, 0.6) is 0 Å². The lowest BCUT2D eigenvalue weighted by molar-refractivity contribution is 0.319. The molecule has 0 saturated heterocycles. The molecule has 2 aromatic rings. The van der Waals surface area contributed by atoms with Crippen molar-refractivity contribution in [2.45, 2.75) is 20.0 Å². The first kappa shape index (κ1) is 13.6. The average Bonchev–Trinajstić information content (AvgIpc) is 2.33. The van der Waals surface area contributed by atoms with Gasteiger partial charge in [-0.3, -0.25) is 4.90 Å². The number of anilines is 1. The number of benzene rings is 2. The highest BCUT2D eigenvalue weighted by atomic mass is 19.1. The van der Waals surface area contributed by atoms with E-state index in [2.05, 4.69) is 36.1 Å². The Morgan fingerprint density at radius 2 is 1.89 bits per heavy atom. The molecule has 0 heterocycles. The van der Waals surface area contributed by atoms with Gasteiger partial charge < -0.3 is 5.73 Å². The van der Waals surface area contributed by atoms with Crippen LogP contribution >= 0.6 is 0 Å². The molecule has 0 unspecified atom stereocenters. The maximum Gasteiger partial charge on any atom is 0.125 e. The number of hydrogen-bond donors (Lipinski definition) is 1. The molecule has 0 atom stereocenters. The van der Waals surface area contributed by atoms with Crippen molar-refractivity contribution in [1.29, 1.82) is 0 Å². The van der Waals surface area contributed by atoms with E-state index in [4.69, 9.17) is 5.73 Å². The number of nitrogen functional groups attached to an aromatic ring is 1. The largest absolute Gasteiger partial charge is 0.398 e. The number of nitrogens with zero attached hydrogens (tertiary/aromatic N) is 1. The molecule has 0 saturated carbocycles. The Labute approximate surface area is 113 Å². The van der Waals surface area contributed by atoms with Crippen LogP contribution in [0.1, 0.15) is 16.7 Å². The van der Waals surface area contributed by atoms with Gasteiger partial charge >= 0.3 is 0 Å². The molecule has 0 aliphatic carbocycles. The van der Waals surface area contributed by atoms with Gasteiger partial charge in [-0.05, 0) is 37.2 Å². The van der Waals surface area contributed by atoms with Crippen LogP contribution in [0.3, 0.4) is 0 Å². The molecule has 2 N–H and O–H groups in total. The highest BCUT2D eigenvalue weighted by Crippen LogP contribution is 2.16. The maximum absolute atomic E-state index is 13.0. The third-order valence-corrected chi connectivity index (χ3v) is 3.08. The van der Waals surface area contributed by atoms with Gasteiger partial charge in [-0.2, -0.15) is 0 Å². The van der Waals surface area contributed by atoms with Crippen molar-refractivity contribution >= 4 is 5.69 Å². The molecule has 2 aromatic carbocycles. The molecular formula is C16H19FN2. The fourth-order valence-corrected chi connectivity index (χ4v) is 2.18. The van der Waals surface area contributed by atoms with Crippen LogP contribution in [-0.4, -0.2) is 11.9 Å². The maximum atomic E-state index is 13.0. The zero-order valence-corrected chi connectivity index (χ0v) is 11.4. The van der Waals surface area contributed by atoms with E-state index in [0.29, 0.717) is 12.2 Å². The van der Waals surface area contributed by atoms with E-state index in [-0.39, 0.29) is 5.82 Å². The van der Waals surface area contributed by atoms with Gasteiger partial charge in [0.15, 0.2) is 0 Å². The SMILES string of the molecule is Cc1cccc(CN(C)Cc2ccc(F)cc2N)c1. The van der Waals surface area contributed by atoms with E-state index in [1.54, 1.807) is 6.07 Å². The van der Waals surface area contributed by atoms with Crippen LogP contribution in [0.2, 0.25) is 0 Å². The molecule has 0 radical (unpaired) electrons. The Morgan fingerprint density at radius 1 is 1.11 bits per heavy atom. The number of aryl methyl sites for hydroxylation is 1. The number of halogens is 1. The predicted molar refractivity (Wildman–Crippen MR) is 77.2 cm³/mol. The summed E-state index contributed by atoms with van der Waals surface area (Å²) in [5.74, 6) is -0.289. The van der Waals surface area contributed by atoms with Crippen molar-refractivity contribution in [2.75, 3.05) is 12.8 Å². The Hall–Kier alpha value is -1.87. The van der Waals surface area contributed by atoms with Gasteiger partial charge in [0.05, 0.1) is 0 Å². The minimum atomic E-state index is -0.289. The second kappa shape index (κ2) is 5.85. The lowest BCUT2D eigenvalue weighted by Gasteiger charge is -2.18. The second-order valence-electron chi connectivity index (χ2n) is 5.00. The molecule has 2 rings (SSSR count). The van der Waals surface area contributed by atoms with Crippen molar-refractivity contribution in [2.24, 2.45) is 0 Å². The quantitative estimate of drug-likeness (QED) is 0.852. The first-order chi connectivity index (χ1) is 9.04. The summed E-state index contributed by atoms with van der Waals surface area (Å²) in [6.07, 6.45) is 0. The molecule has 0 aromatic heterocycles. The van der Waals surface area contributed by atoms with Gasteiger partial charge in [-0.15, -0.1) is 0 Å². The molecule has 0 fully saturated rings. The summed E-state index contributed by atoms with van der Waals surface area (Å²) in [5, 5.41) is 0. The van der Waals surface area contributed by atoms with Crippen LogP contribution in [-0.2, 0) is 13.1 Å². The molecule has 0 bridgehead atoms. The minimum absolute atomic E-state index is 0.289. The molecule has 19 heavy (non-hydrogen) atoms. The Bertz CT molecular complexity index is 566. The number of hydrogen-bond acceptors (Lipinski definition) is 2. The third kappa shape index (κ3) is 3.80. The smallest absolute Gasteiger partial charge is 0.125 e. The Morgan fingerprint density at radius 3 is 2.58 bits per heavy atom. The zero-order chi connectivity index (χ0) is 13.8. The highest BCUT2D eigenvalue weighted by Gasteiger charge is 2.06. The van der Waals surface area contributed by atoms with Gasteiger partial charge in [0.25, 0.3) is 0 Å². The third-order valence-electron chi connectivity index (χ3n) is 3.08. The standard InChI is InChI=1S/C16H19FN2/c1-12-4-3-5-13(8-12)10-19(2)11-14-6-7-15(17)9-16(14)18/h3-9H,10-11,18H2,1-2H3. The highest BCUT2D eigenvalue weighted by molar-refractivity contribution is 5.46. The molecule has 0 amide bonds. The molecule has 0 spiro atoms. The molecule has 3 heteroatoms. The van der Waals surface area contributed by atoms with Crippen molar-refractivity contribution in [3.05, 3.63) is 65.0 Å². The van der Waals surface area contributed by atoms with Gasteiger partial charge in [-0.1, -0.05) is 35.9 Å². The summed E-state index contributed by atoms with van der Waals surface area (Å²) < 4.78 is 13.0. The van der Waals surface area contributed by atoms with E-state index in [1.807, 2.05) is 7.05 Å². The lowest BCUT2D eigenvalue weighted by Crippen LogP contribution is -2.18. The summed E-state index contributed by atoms with van der Waals surface area (Å²) in [6.45, 7) is 3.64. The van der Waals surface area contributed by atoms with Crippen LogP contribution in [0.4, 0.5) is 10.1 Å². The fraction of sp³-hybridized carbons (Fsp3) is 0.250. The summed E-state index contributed by atoms with van der Waals surface area (Å²) in [4.78, 5) is 2.17. The van der Waals surface area contributed by atoms with E-state index >= 15 is 0 Å². The van der Waals surface area contributed by atoms with Gasteiger partial charge in [0, 0.05) is 18.8 Å². The Balaban J connectivity index is 2.03. The van der Waals surface area contributed by atoms with Gasteiger partial charge in [-0.25, -0.2) is 4.39 Å². The van der Waals surface area contributed by atoms with Crippen LogP contribution in [0, 0.1) is 12.7 Å². The van der Waals surface area contributed by atoms with E-state index in [0.717, 1.165) is 12.1 Å². The second-order valence-corrected chi connectivity index (χ2v) is 5.00. The van der Waals surface area contributed by atoms with Gasteiger partial charge in [0.2, 0.25) is 0 Å². The molecule has 0 aliphatic rings. The van der Waals surface area contributed by atoms with Crippen LogP contribution < -0.4 is 5.73 Å². The van der Waals surface area contributed by atoms with E-state index in [1.165, 1.54) is 23.3 Å². The molecule has 2 nitrogen and oxygen atoms in total. The molecule has 0 aliphatic heterocycles. The lowest BCUT2D eigenvalue weighted by atomic mass is 10.1. The van der Waals surface area contributed by atoms with Gasteiger partial charge in [0.1, 0.15) is 5.82 Å². The number of nitrogens with two attached hydrogens (primary N) is 1. The van der Waals surface area contributed by atoms with Crippen LogP contribution in [0.25, 0.3) is 0 Å². The first-order valence-corrected chi connectivity index (χ1v) is 6.32. The Kier molecular flexibility index (Phi) is 4.17. The predicted octanol–water partition coefficient (Wildman–Crippen LogP) is 3.35. The van der Waals surface area contributed by atoms with Crippen molar-refractivity contribution in [3.8, 4) is 0 Å². The summed E-state index contributed by atoms with van der Waals surface area (Å²) in [7, 11) is 2.03. The summed E-state index contributed by atoms with van der Waals surface area (Å²) in [5.41, 5.74) is 9.81.